The first-order chi connectivity index (χ1) is 9.65. The molecule has 0 saturated carbocycles. The number of rotatable bonds is 6. The molecule has 5 heteroatoms. The molecule has 1 unspecified atom stereocenters. The summed E-state index contributed by atoms with van der Waals surface area (Å²) in [7, 11) is 3.28. The van der Waals surface area contributed by atoms with Crippen molar-refractivity contribution in [2.75, 3.05) is 20.0 Å². The van der Waals surface area contributed by atoms with E-state index in [1.54, 1.807) is 26.0 Å². The van der Waals surface area contributed by atoms with Gasteiger partial charge in [-0.05, 0) is 42.5 Å². The van der Waals surface area contributed by atoms with Crippen molar-refractivity contribution in [1.82, 2.24) is 0 Å². The average molecular weight is 296 g/mol. The van der Waals surface area contributed by atoms with Crippen LogP contribution < -0.4 is 9.47 Å². The largest absolute Gasteiger partial charge is 0.493 e. The second kappa shape index (κ2) is 6.88. The fourth-order valence-corrected chi connectivity index (χ4v) is 3.86. The van der Waals surface area contributed by atoms with E-state index in [2.05, 4.69) is 6.07 Å². The number of thioether (sulfide) groups is 1. The molecule has 110 valence electrons. The van der Waals surface area contributed by atoms with Crippen molar-refractivity contribution in [3.8, 4) is 11.5 Å². The van der Waals surface area contributed by atoms with Gasteiger partial charge in [-0.25, -0.2) is 0 Å². The number of carbonyl (C=O) groups is 1. The summed E-state index contributed by atoms with van der Waals surface area (Å²) >= 11 is 1.72. The Bertz CT molecular complexity index is 487. The molecular formula is C15H20O4S. The van der Waals surface area contributed by atoms with E-state index in [-0.39, 0.29) is 6.42 Å². The molecule has 0 aliphatic heterocycles. The Morgan fingerprint density at radius 1 is 1.35 bits per heavy atom. The van der Waals surface area contributed by atoms with Crippen LogP contribution in [0.25, 0.3) is 0 Å². The van der Waals surface area contributed by atoms with Crippen LogP contribution in [0.3, 0.4) is 0 Å². The minimum Gasteiger partial charge on any atom is -0.493 e. The van der Waals surface area contributed by atoms with Crippen LogP contribution in [-0.4, -0.2) is 31.0 Å². The molecule has 20 heavy (non-hydrogen) atoms. The predicted molar refractivity (Wildman–Crippen MR) is 79.9 cm³/mol. The molecule has 0 aromatic heterocycles. The number of hydrogen-bond acceptors (Lipinski definition) is 4. The predicted octanol–water partition coefficient (Wildman–Crippen LogP) is 3.29. The summed E-state index contributed by atoms with van der Waals surface area (Å²) in [4.78, 5) is 10.6. The molecule has 1 aromatic carbocycles. The first-order valence-electron chi connectivity index (χ1n) is 6.74. The van der Waals surface area contributed by atoms with Crippen LogP contribution in [0.1, 0.15) is 35.6 Å². The number of ether oxygens (including phenoxy) is 2. The van der Waals surface area contributed by atoms with E-state index in [0.29, 0.717) is 11.0 Å². The summed E-state index contributed by atoms with van der Waals surface area (Å²) < 4.78 is 10.7. The normalized spacial score (nSPS) is 17.4. The molecule has 1 atom stereocenters. The summed E-state index contributed by atoms with van der Waals surface area (Å²) in [6, 6.07) is 4.10. The van der Waals surface area contributed by atoms with Crippen LogP contribution in [0, 0.1) is 0 Å². The number of methoxy groups -OCH3 is 2. The topological polar surface area (TPSA) is 55.8 Å². The molecule has 0 saturated heterocycles. The fourth-order valence-electron chi connectivity index (χ4n) is 2.55. The highest BCUT2D eigenvalue weighted by atomic mass is 32.2. The van der Waals surface area contributed by atoms with Gasteiger partial charge in [0.25, 0.3) is 0 Å². The molecule has 4 nitrogen and oxygen atoms in total. The zero-order valence-corrected chi connectivity index (χ0v) is 12.7. The number of fused-ring (bicyclic) bond motifs is 1. The fraction of sp³-hybridized carbons (Fsp3) is 0.533. The molecular weight excluding hydrogens is 276 g/mol. The molecule has 1 aliphatic rings. The molecule has 1 aromatic rings. The Kier molecular flexibility index (Phi) is 5.17. The summed E-state index contributed by atoms with van der Waals surface area (Å²) in [5.74, 6) is 1.42. The summed E-state index contributed by atoms with van der Waals surface area (Å²) in [6.07, 6.45) is 3.48. The number of hydrogen-bond donors (Lipinski definition) is 1. The van der Waals surface area contributed by atoms with E-state index in [4.69, 9.17) is 14.6 Å². The minimum absolute atomic E-state index is 0.212. The third kappa shape index (κ3) is 3.39. The maximum atomic E-state index is 10.6. The summed E-state index contributed by atoms with van der Waals surface area (Å²) in [6.45, 7) is 0. The van der Waals surface area contributed by atoms with Crippen molar-refractivity contribution in [3.63, 3.8) is 0 Å². The number of benzene rings is 1. The lowest BCUT2D eigenvalue weighted by atomic mass is 9.91. The summed E-state index contributed by atoms with van der Waals surface area (Å²) in [5.41, 5.74) is 2.56. The zero-order chi connectivity index (χ0) is 14.5. The van der Waals surface area contributed by atoms with Crippen LogP contribution in [-0.2, 0) is 11.2 Å². The number of aliphatic carboxylic acids is 1. The van der Waals surface area contributed by atoms with Crippen LogP contribution in [0.15, 0.2) is 12.1 Å². The average Bonchev–Trinajstić information content (AvgIpc) is 2.45. The quantitative estimate of drug-likeness (QED) is 0.873. The smallest absolute Gasteiger partial charge is 0.304 e. The van der Waals surface area contributed by atoms with Crippen LogP contribution in [0.4, 0.5) is 0 Å². The van der Waals surface area contributed by atoms with Crippen LogP contribution in [0.2, 0.25) is 0 Å². The molecule has 0 spiro atoms. The van der Waals surface area contributed by atoms with Gasteiger partial charge < -0.3 is 14.6 Å². The van der Waals surface area contributed by atoms with Gasteiger partial charge in [-0.3, -0.25) is 4.79 Å². The van der Waals surface area contributed by atoms with Gasteiger partial charge in [0.2, 0.25) is 0 Å². The van der Waals surface area contributed by atoms with Crippen molar-refractivity contribution in [1.29, 1.82) is 0 Å². The van der Waals surface area contributed by atoms with Crippen molar-refractivity contribution < 1.29 is 19.4 Å². The van der Waals surface area contributed by atoms with Crippen molar-refractivity contribution in [3.05, 3.63) is 23.3 Å². The Labute approximate surface area is 123 Å². The SMILES string of the molecule is COc1cc2c(cc1OC)C(SCCC(=O)O)CCC2. The Balaban J connectivity index is 2.18. The monoisotopic (exact) mass is 296 g/mol. The second-order valence-electron chi connectivity index (χ2n) is 4.80. The molecule has 0 heterocycles. The van der Waals surface area contributed by atoms with E-state index in [0.717, 1.165) is 30.8 Å². The lowest BCUT2D eigenvalue weighted by Gasteiger charge is -2.26. The second-order valence-corrected chi connectivity index (χ2v) is 6.11. The van der Waals surface area contributed by atoms with Crippen LogP contribution in [0.5, 0.6) is 11.5 Å². The number of aryl methyl sites for hydroxylation is 1. The highest BCUT2D eigenvalue weighted by Gasteiger charge is 2.23. The zero-order valence-electron chi connectivity index (χ0n) is 11.8. The number of carboxylic acid groups (broad SMARTS) is 1. The first kappa shape index (κ1) is 15.0. The molecule has 0 bridgehead atoms. The van der Waals surface area contributed by atoms with Gasteiger partial charge in [-0.15, -0.1) is 0 Å². The van der Waals surface area contributed by atoms with Crippen molar-refractivity contribution in [2.24, 2.45) is 0 Å². The maximum Gasteiger partial charge on any atom is 0.304 e. The standard InChI is InChI=1S/C15H20O4S/c1-18-12-8-10-4-3-5-14(20-7-6-15(16)17)11(10)9-13(12)19-2/h8-9,14H,3-7H2,1-2H3,(H,16,17). The van der Waals surface area contributed by atoms with Crippen molar-refractivity contribution in [2.45, 2.75) is 30.9 Å². The van der Waals surface area contributed by atoms with E-state index >= 15 is 0 Å². The molecule has 0 fully saturated rings. The van der Waals surface area contributed by atoms with Gasteiger partial charge >= 0.3 is 5.97 Å². The Morgan fingerprint density at radius 2 is 2.05 bits per heavy atom. The number of carboxylic acids is 1. The van der Waals surface area contributed by atoms with Crippen LogP contribution >= 0.6 is 11.8 Å². The lowest BCUT2D eigenvalue weighted by Crippen LogP contribution is -2.09. The van der Waals surface area contributed by atoms with Gasteiger partial charge in [0.15, 0.2) is 11.5 Å². The Morgan fingerprint density at radius 3 is 2.70 bits per heavy atom. The van der Waals surface area contributed by atoms with E-state index < -0.39 is 5.97 Å². The lowest BCUT2D eigenvalue weighted by molar-refractivity contribution is -0.136. The van der Waals surface area contributed by atoms with Gasteiger partial charge in [0.05, 0.1) is 20.6 Å². The van der Waals surface area contributed by atoms with Crippen molar-refractivity contribution >= 4 is 17.7 Å². The highest BCUT2D eigenvalue weighted by molar-refractivity contribution is 7.99. The Hall–Kier alpha value is -1.36. The van der Waals surface area contributed by atoms with E-state index in [1.165, 1.54) is 11.1 Å². The first-order valence-corrected chi connectivity index (χ1v) is 7.78. The minimum atomic E-state index is -0.735. The molecule has 1 aliphatic carbocycles. The molecule has 2 rings (SSSR count). The summed E-state index contributed by atoms with van der Waals surface area (Å²) in [5, 5.41) is 9.10. The van der Waals surface area contributed by atoms with E-state index in [9.17, 15) is 4.79 Å². The molecule has 1 N–H and O–H groups in total. The molecule has 0 amide bonds. The highest BCUT2D eigenvalue weighted by Crippen LogP contribution is 2.44. The van der Waals surface area contributed by atoms with Gasteiger partial charge in [-0.1, -0.05) is 0 Å². The third-order valence-corrected chi connectivity index (χ3v) is 4.87. The van der Waals surface area contributed by atoms with Gasteiger partial charge in [-0.2, -0.15) is 11.8 Å². The molecule has 0 radical (unpaired) electrons. The maximum absolute atomic E-state index is 10.6. The van der Waals surface area contributed by atoms with Gasteiger partial charge in [0, 0.05) is 11.0 Å². The van der Waals surface area contributed by atoms with E-state index in [1.807, 2.05) is 6.07 Å². The van der Waals surface area contributed by atoms with Gasteiger partial charge in [0.1, 0.15) is 0 Å². The third-order valence-electron chi connectivity index (χ3n) is 3.54.